The number of hydrogen-bond donors (Lipinski definition) is 1. The number of hydrogen-bond acceptors (Lipinski definition) is 4. The zero-order valence-corrected chi connectivity index (χ0v) is 12.8. The summed E-state index contributed by atoms with van der Waals surface area (Å²) in [5.41, 5.74) is 3.49. The Morgan fingerprint density at radius 2 is 2.33 bits per heavy atom. The lowest BCUT2D eigenvalue weighted by atomic mass is 10.1. The average Bonchev–Trinajstić information content (AvgIpc) is 2.91. The first-order valence-corrected chi connectivity index (χ1v) is 7.98. The molecule has 0 fully saturated rings. The van der Waals surface area contributed by atoms with Crippen LogP contribution in [0.4, 0.5) is 0 Å². The number of rotatable bonds is 4. The molecule has 21 heavy (non-hydrogen) atoms. The van der Waals surface area contributed by atoms with Crippen molar-refractivity contribution >= 4 is 17.3 Å². The number of aromatic carboxylic acids is 1. The second-order valence-corrected chi connectivity index (χ2v) is 6.47. The molecule has 3 rings (SSSR count). The summed E-state index contributed by atoms with van der Waals surface area (Å²) in [5.74, 6) is -0.822. The standard InChI is InChI=1S/C16H18N2O2S/c1-2-11-3-4-13(17-8-11)10-18-6-5-14-12(9-18)7-15(21-14)16(19)20/h3-4,7-8H,2,5-6,9-10H2,1H3,(H,19,20). The number of carbonyl (C=O) groups is 1. The molecular formula is C16H18N2O2S. The predicted octanol–water partition coefficient (Wildman–Crippen LogP) is 2.96. The van der Waals surface area contributed by atoms with Crippen molar-refractivity contribution in [2.45, 2.75) is 32.9 Å². The van der Waals surface area contributed by atoms with E-state index in [1.54, 1.807) is 0 Å². The Bertz CT molecular complexity index is 649. The van der Waals surface area contributed by atoms with Gasteiger partial charge in [0.2, 0.25) is 0 Å². The first-order chi connectivity index (χ1) is 10.2. The number of fused-ring (bicyclic) bond motifs is 1. The smallest absolute Gasteiger partial charge is 0.345 e. The molecule has 0 unspecified atom stereocenters. The Kier molecular flexibility index (Phi) is 4.03. The lowest BCUT2D eigenvalue weighted by molar-refractivity contribution is 0.0702. The summed E-state index contributed by atoms with van der Waals surface area (Å²) in [7, 11) is 0. The minimum absolute atomic E-state index is 0.451. The van der Waals surface area contributed by atoms with E-state index < -0.39 is 5.97 Å². The van der Waals surface area contributed by atoms with Crippen LogP contribution in [0.5, 0.6) is 0 Å². The van der Waals surface area contributed by atoms with Gasteiger partial charge in [0.15, 0.2) is 0 Å². The fourth-order valence-corrected chi connectivity index (χ4v) is 3.62. The summed E-state index contributed by atoms with van der Waals surface area (Å²) in [6.07, 6.45) is 3.88. The van der Waals surface area contributed by atoms with Gasteiger partial charge in [-0.15, -0.1) is 11.3 Å². The summed E-state index contributed by atoms with van der Waals surface area (Å²) in [6.45, 7) is 4.72. The van der Waals surface area contributed by atoms with E-state index in [1.165, 1.54) is 21.8 Å². The highest BCUT2D eigenvalue weighted by Gasteiger charge is 2.21. The molecule has 0 amide bonds. The maximum atomic E-state index is 11.0. The zero-order chi connectivity index (χ0) is 14.8. The van der Waals surface area contributed by atoms with Gasteiger partial charge in [0.05, 0.1) is 5.69 Å². The molecule has 1 aliphatic rings. The highest BCUT2D eigenvalue weighted by molar-refractivity contribution is 7.14. The molecule has 0 aromatic carbocycles. The van der Waals surface area contributed by atoms with Crippen LogP contribution in [-0.2, 0) is 25.9 Å². The highest BCUT2D eigenvalue weighted by Crippen LogP contribution is 2.28. The van der Waals surface area contributed by atoms with E-state index in [2.05, 4.69) is 28.9 Å². The van der Waals surface area contributed by atoms with Gasteiger partial charge >= 0.3 is 5.97 Å². The molecule has 0 radical (unpaired) electrons. The molecule has 110 valence electrons. The third-order valence-electron chi connectivity index (χ3n) is 3.84. The second-order valence-electron chi connectivity index (χ2n) is 5.34. The predicted molar refractivity (Wildman–Crippen MR) is 82.7 cm³/mol. The number of thiophene rings is 1. The van der Waals surface area contributed by atoms with Crippen LogP contribution in [0, 0.1) is 0 Å². The van der Waals surface area contributed by atoms with Crippen LogP contribution in [0.3, 0.4) is 0 Å². The normalized spacial score (nSPS) is 14.9. The molecule has 0 saturated carbocycles. The van der Waals surface area contributed by atoms with Crippen molar-refractivity contribution in [2.24, 2.45) is 0 Å². The summed E-state index contributed by atoms with van der Waals surface area (Å²) in [4.78, 5) is 19.5. The molecule has 5 heteroatoms. The highest BCUT2D eigenvalue weighted by atomic mass is 32.1. The molecule has 0 bridgehead atoms. The second kappa shape index (κ2) is 5.95. The molecule has 2 aromatic rings. The van der Waals surface area contributed by atoms with Gasteiger partial charge in [-0.05, 0) is 36.1 Å². The summed E-state index contributed by atoms with van der Waals surface area (Å²) >= 11 is 1.41. The quantitative estimate of drug-likeness (QED) is 0.943. The van der Waals surface area contributed by atoms with Gasteiger partial charge < -0.3 is 5.11 Å². The van der Waals surface area contributed by atoms with Gasteiger partial charge in [-0.25, -0.2) is 4.79 Å². The van der Waals surface area contributed by atoms with Crippen molar-refractivity contribution in [3.63, 3.8) is 0 Å². The fraction of sp³-hybridized carbons (Fsp3) is 0.375. The van der Waals surface area contributed by atoms with Gasteiger partial charge in [0.1, 0.15) is 4.88 Å². The van der Waals surface area contributed by atoms with Crippen LogP contribution < -0.4 is 0 Å². The van der Waals surface area contributed by atoms with Gasteiger partial charge in [-0.1, -0.05) is 13.0 Å². The van der Waals surface area contributed by atoms with E-state index in [1.807, 2.05) is 12.3 Å². The molecule has 4 nitrogen and oxygen atoms in total. The first-order valence-electron chi connectivity index (χ1n) is 7.16. The average molecular weight is 302 g/mol. The lowest BCUT2D eigenvalue weighted by Gasteiger charge is -2.26. The minimum Gasteiger partial charge on any atom is -0.477 e. The molecule has 1 N–H and O–H groups in total. The maximum Gasteiger partial charge on any atom is 0.345 e. The van der Waals surface area contributed by atoms with E-state index in [-0.39, 0.29) is 0 Å². The van der Waals surface area contributed by atoms with Crippen molar-refractivity contribution in [3.8, 4) is 0 Å². The Balaban J connectivity index is 1.69. The Hall–Kier alpha value is -1.72. The SMILES string of the molecule is CCc1ccc(CN2CCc3sc(C(=O)O)cc3C2)nc1. The van der Waals surface area contributed by atoms with Gasteiger partial charge in [-0.2, -0.15) is 0 Å². The molecule has 0 aliphatic carbocycles. The number of aryl methyl sites for hydroxylation is 1. The fourth-order valence-electron chi connectivity index (χ4n) is 2.62. The van der Waals surface area contributed by atoms with Crippen LogP contribution in [0.1, 0.15) is 38.3 Å². The van der Waals surface area contributed by atoms with E-state index in [0.717, 1.165) is 43.7 Å². The molecule has 3 heterocycles. The van der Waals surface area contributed by atoms with E-state index >= 15 is 0 Å². The molecule has 0 spiro atoms. The van der Waals surface area contributed by atoms with E-state index in [4.69, 9.17) is 5.11 Å². The number of carboxylic acids is 1. The topological polar surface area (TPSA) is 53.4 Å². The Labute approximate surface area is 128 Å². The van der Waals surface area contributed by atoms with Crippen molar-refractivity contribution in [2.75, 3.05) is 6.54 Å². The molecule has 1 aliphatic heterocycles. The van der Waals surface area contributed by atoms with Crippen molar-refractivity contribution < 1.29 is 9.90 Å². The van der Waals surface area contributed by atoms with E-state index in [0.29, 0.717) is 4.88 Å². The lowest BCUT2D eigenvalue weighted by Crippen LogP contribution is -2.29. The Morgan fingerprint density at radius 1 is 1.48 bits per heavy atom. The largest absolute Gasteiger partial charge is 0.477 e. The maximum absolute atomic E-state index is 11.0. The molecular weight excluding hydrogens is 284 g/mol. The number of carboxylic acid groups (broad SMARTS) is 1. The monoisotopic (exact) mass is 302 g/mol. The van der Waals surface area contributed by atoms with Crippen LogP contribution in [0.15, 0.2) is 24.4 Å². The van der Waals surface area contributed by atoms with Crippen LogP contribution in [-0.4, -0.2) is 27.5 Å². The number of pyridine rings is 1. The van der Waals surface area contributed by atoms with Crippen LogP contribution in [0.25, 0.3) is 0 Å². The van der Waals surface area contributed by atoms with Gasteiger partial charge in [0, 0.05) is 30.7 Å². The van der Waals surface area contributed by atoms with Crippen molar-refractivity contribution in [1.29, 1.82) is 0 Å². The summed E-state index contributed by atoms with van der Waals surface area (Å²) < 4.78 is 0. The zero-order valence-electron chi connectivity index (χ0n) is 12.0. The molecule has 0 saturated heterocycles. The minimum atomic E-state index is -0.822. The molecule has 0 atom stereocenters. The first kappa shape index (κ1) is 14.2. The van der Waals surface area contributed by atoms with Crippen molar-refractivity contribution in [1.82, 2.24) is 9.88 Å². The molecule has 2 aromatic heterocycles. The number of nitrogens with zero attached hydrogens (tertiary/aromatic N) is 2. The van der Waals surface area contributed by atoms with Gasteiger partial charge in [0.25, 0.3) is 0 Å². The van der Waals surface area contributed by atoms with Crippen molar-refractivity contribution in [3.05, 3.63) is 51.0 Å². The third-order valence-corrected chi connectivity index (χ3v) is 5.06. The number of aromatic nitrogens is 1. The summed E-state index contributed by atoms with van der Waals surface area (Å²) in [6, 6.07) is 6.04. The van der Waals surface area contributed by atoms with E-state index in [9.17, 15) is 4.79 Å². The third kappa shape index (κ3) is 3.14. The van der Waals surface area contributed by atoms with Crippen LogP contribution >= 0.6 is 11.3 Å². The Morgan fingerprint density at radius 3 is 3.00 bits per heavy atom. The van der Waals surface area contributed by atoms with Gasteiger partial charge in [-0.3, -0.25) is 9.88 Å². The summed E-state index contributed by atoms with van der Waals surface area (Å²) in [5, 5.41) is 9.07. The van der Waals surface area contributed by atoms with Crippen LogP contribution in [0.2, 0.25) is 0 Å².